The van der Waals surface area contributed by atoms with Gasteiger partial charge in [0.25, 0.3) is 0 Å². The first-order chi connectivity index (χ1) is 15.5. The Hall–Kier alpha value is -3.97. The van der Waals surface area contributed by atoms with Crippen LogP contribution in [0.3, 0.4) is 0 Å². The van der Waals surface area contributed by atoms with E-state index in [1.54, 1.807) is 48.5 Å². The highest BCUT2D eigenvalue weighted by atomic mass is 35.5. The van der Waals surface area contributed by atoms with Crippen molar-refractivity contribution >= 4 is 17.6 Å². The number of halogens is 1. The van der Waals surface area contributed by atoms with E-state index in [1.807, 2.05) is 12.1 Å². The van der Waals surface area contributed by atoms with Crippen molar-refractivity contribution in [1.82, 2.24) is 10.2 Å². The van der Waals surface area contributed by atoms with E-state index in [0.717, 1.165) is 5.56 Å². The predicted molar refractivity (Wildman–Crippen MR) is 119 cm³/mol. The van der Waals surface area contributed by atoms with Gasteiger partial charge in [-0.1, -0.05) is 23.7 Å². The summed E-state index contributed by atoms with van der Waals surface area (Å²) in [6, 6.07) is 18.8. The van der Waals surface area contributed by atoms with Crippen molar-refractivity contribution < 1.29 is 24.1 Å². The maximum Gasteiger partial charge on any atom is 0.337 e. The number of hydrogen-bond acceptors (Lipinski definition) is 6. The van der Waals surface area contributed by atoms with Crippen LogP contribution in [0.5, 0.6) is 23.0 Å². The van der Waals surface area contributed by atoms with Gasteiger partial charge in [-0.2, -0.15) is 5.10 Å². The van der Waals surface area contributed by atoms with E-state index < -0.39 is 5.97 Å². The minimum absolute atomic E-state index is 0.00810. The van der Waals surface area contributed by atoms with Crippen molar-refractivity contribution in [3.63, 3.8) is 0 Å². The van der Waals surface area contributed by atoms with Crippen LogP contribution in [0, 0.1) is 0 Å². The number of methoxy groups -OCH3 is 1. The van der Waals surface area contributed by atoms with Gasteiger partial charge in [0, 0.05) is 16.7 Å². The van der Waals surface area contributed by atoms with Crippen molar-refractivity contribution in [2.75, 3.05) is 7.11 Å². The number of hydrogen-bond donors (Lipinski definition) is 2. The number of ether oxygens (including phenoxy) is 3. The Kier molecular flexibility index (Phi) is 6.28. The van der Waals surface area contributed by atoms with E-state index >= 15 is 0 Å². The topological polar surface area (TPSA) is 93.7 Å². The highest BCUT2D eigenvalue weighted by Gasteiger charge is 2.15. The normalized spacial score (nSPS) is 10.6. The highest BCUT2D eigenvalue weighted by Crippen LogP contribution is 2.38. The highest BCUT2D eigenvalue weighted by molar-refractivity contribution is 6.30. The zero-order valence-electron chi connectivity index (χ0n) is 17.0. The number of phenolic OH excluding ortho intramolecular Hbond substituents is 1. The summed E-state index contributed by atoms with van der Waals surface area (Å²) >= 11 is 5.89. The van der Waals surface area contributed by atoms with Gasteiger partial charge < -0.3 is 19.3 Å². The number of aromatic nitrogens is 2. The number of aromatic amines is 1. The van der Waals surface area contributed by atoms with Crippen LogP contribution in [0.4, 0.5) is 0 Å². The van der Waals surface area contributed by atoms with Crippen LogP contribution >= 0.6 is 11.6 Å². The average molecular weight is 451 g/mol. The molecule has 0 unspecified atom stereocenters. The number of benzene rings is 3. The second kappa shape index (κ2) is 9.45. The number of esters is 1. The maximum absolute atomic E-state index is 11.6. The van der Waals surface area contributed by atoms with Gasteiger partial charge in [-0.25, -0.2) is 4.79 Å². The molecule has 0 bridgehead atoms. The van der Waals surface area contributed by atoms with Gasteiger partial charge in [0.2, 0.25) is 0 Å². The molecule has 8 heteroatoms. The van der Waals surface area contributed by atoms with E-state index in [0.29, 0.717) is 45.7 Å². The first-order valence-corrected chi connectivity index (χ1v) is 10.0. The molecule has 3 aromatic carbocycles. The lowest BCUT2D eigenvalue weighted by atomic mass is 10.1. The number of H-pyrrole nitrogens is 1. The van der Waals surface area contributed by atoms with Gasteiger partial charge in [0.1, 0.15) is 29.5 Å². The smallest absolute Gasteiger partial charge is 0.337 e. The van der Waals surface area contributed by atoms with Crippen LogP contribution in [0.1, 0.15) is 15.9 Å². The first kappa shape index (κ1) is 21.3. The molecular weight excluding hydrogens is 432 g/mol. The molecule has 4 rings (SSSR count). The minimum atomic E-state index is -0.427. The molecule has 2 N–H and O–H groups in total. The Morgan fingerprint density at radius 2 is 1.75 bits per heavy atom. The SMILES string of the molecule is COC(=O)c1ccc(Oc2cn[nH]c2-c2ccc(OCc3ccc(Cl)cc3)cc2O)cc1. The standard InChI is InChI=1S/C24H19ClN2O5/c1-30-24(29)16-4-8-18(9-5-16)32-22-13-26-27-23(22)20-11-10-19(12-21(20)28)31-14-15-2-6-17(25)7-3-15/h2-13,28H,14H2,1H3,(H,26,27). The molecule has 7 nitrogen and oxygen atoms in total. The van der Waals surface area contributed by atoms with Crippen molar-refractivity contribution in [1.29, 1.82) is 0 Å². The minimum Gasteiger partial charge on any atom is -0.507 e. The molecule has 0 amide bonds. The molecule has 32 heavy (non-hydrogen) atoms. The molecule has 1 aromatic heterocycles. The molecule has 0 aliphatic carbocycles. The van der Waals surface area contributed by atoms with Crippen molar-refractivity contribution in [2.45, 2.75) is 6.61 Å². The van der Waals surface area contributed by atoms with Crippen LogP contribution in [0.2, 0.25) is 5.02 Å². The summed E-state index contributed by atoms with van der Waals surface area (Å²) in [6.07, 6.45) is 1.51. The van der Waals surface area contributed by atoms with Crippen LogP contribution in [0.25, 0.3) is 11.3 Å². The van der Waals surface area contributed by atoms with E-state index in [4.69, 9.17) is 25.8 Å². The molecule has 0 fully saturated rings. The number of nitrogens with one attached hydrogen (secondary N) is 1. The fourth-order valence-electron chi connectivity index (χ4n) is 3.01. The quantitative estimate of drug-likeness (QED) is 0.356. The number of nitrogens with zero attached hydrogens (tertiary/aromatic N) is 1. The number of carbonyl (C=O) groups is 1. The zero-order valence-corrected chi connectivity index (χ0v) is 17.8. The fourth-order valence-corrected chi connectivity index (χ4v) is 3.14. The van der Waals surface area contributed by atoms with Gasteiger partial charge in [-0.3, -0.25) is 5.10 Å². The summed E-state index contributed by atoms with van der Waals surface area (Å²) < 4.78 is 16.3. The maximum atomic E-state index is 11.6. The molecule has 0 aliphatic rings. The number of carbonyl (C=O) groups excluding carboxylic acids is 1. The summed E-state index contributed by atoms with van der Waals surface area (Å²) in [5.41, 5.74) is 2.38. The Morgan fingerprint density at radius 3 is 2.44 bits per heavy atom. The molecule has 0 atom stereocenters. The molecule has 0 aliphatic heterocycles. The predicted octanol–water partition coefficient (Wildman–Crippen LogP) is 5.59. The Morgan fingerprint density at radius 1 is 1.03 bits per heavy atom. The lowest BCUT2D eigenvalue weighted by Gasteiger charge is -2.11. The lowest BCUT2D eigenvalue weighted by molar-refractivity contribution is 0.0600. The van der Waals surface area contributed by atoms with E-state index in [-0.39, 0.29) is 5.75 Å². The number of phenols is 1. The van der Waals surface area contributed by atoms with Gasteiger partial charge in [-0.15, -0.1) is 0 Å². The van der Waals surface area contributed by atoms with Crippen LogP contribution in [-0.2, 0) is 11.3 Å². The number of rotatable bonds is 7. The largest absolute Gasteiger partial charge is 0.507 e. The summed E-state index contributed by atoms with van der Waals surface area (Å²) in [5, 5.41) is 18.1. The average Bonchev–Trinajstić information content (AvgIpc) is 3.26. The van der Waals surface area contributed by atoms with Crippen LogP contribution in [-0.4, -0.2) is 28.4 Å². The molecule has 0 radical (unpaired) electrons. The van der Waals surface area contributed by atoms with Crippen LogP contribution < -0.4 is 9.47 Å². The van der Waals surface area contributed by atoms with Crippen LogP contribution in [0.15, 0.2) is 72.9 Å². The Bertz CT molecular complexity index is 1220. The molecule has 0 spiro atoms. The summed E-state index contributed by atoms with van der Waals surface area (Å²) in [4.78, 5) is 11.6. The summed E-state index contributed by atoms with van der Waals surface area (Å²) in [5.74, 6) is 1.02. The Labute approximate surface area is 189 Å². The third-order valence-electron chi connectivity index (χ3n) is 4.67. The van der Waals surface area contributed by atoms with E-state index in [1.165, 1.54) is 19.4 Å². The monoisotopic (exact) mass is 450 g/mol. The van der Waals surface area contributed by atoms with E-state index in [9.17, 15) is 9.90 Å². The molecule has 0 saturated heterocycles. The van der Waals surface area contributed by atoms with Crippen molar-refractivity contribution in [3.05, 3.63) is 89.1 Å². The summed E-state index contributed by atoms with van der Waals surface area (Å²) in [7, 11) is 1.32. The lowest BCUT2D eigenvalue weighted by Crippen LogP contribution is -2.00. The molecular formula is C24H19ClN2O5. The molecule has 0 saturated carbocycles. The van der Waals surface area contributed by atoms with Crippen molar-refractivity contribution in [3.8, 4) is 34.3 Å². The molecule has 162 valence electrons. The van der Waals surface area contributed by atoms with Gasteiger partial charge in [0.05, 0.1) is 18.9 Å². The van der Waals surface area contributed by atoms with Gasteiger partial charge >= 0.3 is 5.97 Å². The number of aromatic hydroxyl groups is 1. The summed E-state index contributed by atoms with van der Waals surface area (Å²) in [6.45, 7) is 0.343. The van der Waals surface area contributed by atoms with E-state index in [2.05, 4.69) is 10.2 Å². The second-order valence-electron chi connectivity index (χ2n) is 6.82. The molecule has 4 aromatic rings. The Balaban J connectivity index is 1.48. The molecule has 1 heterocycles. The zero-order chi connectivity index (χ0) is 22.5. The first-order valence-electron chi connectivity index (χ1n) is 9.63. The van der Waals surface area contributed by atoms with Gasteiger partial charge in [0.15, 0.2) is 5.75 Å². The fraction of sp³-hybridized carbons (Fsp3) is 0.0833. The third kappa shape index (κ3) is 4.84. The van der Waals surface area contributed by atoms with Gasteiger partial charge in [-0.05, 0) is 54.1 Å². The van der Waals surface area contributed by atoms with Crippen molar-refractivity contribution in [2.24, 2.45) is 0 Å². The second-order valence-corrected chi connectivity index (χ2v) is 7.26. The third-order valence-corrected chi connectivity index (χ3v) is 4.92.